The van der Waals surface area contributed by atoms with E-state index in [1.807, 2.05) is 43.3 Å². The summed E-state index contributed by atoms with van der Waals surface area (Å²) in [5, 5.41) is 8.91. The van der Waals surface area contributed by atoms with Gasteiger partial charge in [0.1, 0.15) is 6.54 Å². The largest absolute Gasteiger partial charge is 0.480 e. The standard InChI is InChI=1S/C15H19NO3/c1-3-7-12(2)15(19)16(11-14(17)18)10-13-8-5-4-6-9-13/h4-9H,3,10-11H2,1-2H3,(H,17,18). The number of hydrogen-bond acceptors (Lipinski definition) is 2. The molecule has 0 atom stereocenters. The Balaban J connectivity index is 2.86. The van der Waals surface area contributed by atoms with E-state index >= 15 is 0 Å². The minimum absolute atomic E-state index is 0.229. The molecule has 0 unspecified atom stereocenters. The van der Waals surface area contributed by atoms with Crippen LogP contribution in [0.4, 0.5) is 0 Å². The van der Waals surface area contributed by atoms with Gasteiger partial charge in [0, 0.05) is 12.1 Å². The maximum absolute atomic E-state index is 12.2. The van der Waals surface area contributed by atoms with Gasteiger partial charge in [-0.25, -0.2) is 0 Å². The smallest absolute Gasteiger partial charge is 0.323 e. The molecule has 1 aromatic carbocycles. The summed E-state index contributed by atoms with van der Waals surface area (Å²) in [6, 6.07) is 9.37. The number of carboxylic acid groups (broad SMARTS) is 1. The van der Waals surface area contributed by atoms with Crippen LogP contribution in [0.3, 0.4) is 0 Å². The highest BCUT2D eigenvalue weighted by Gasteiger charge is 2.18. The monoisotopic (exact) mass is 261 g/mol. The lowest BCUT2D eigenvalue weighted by molar-refractivity contribution is -0.143. The van der Waals surface area contributed by atoms with Crippen LogP contribution >= 0.6 is 0 Å². The zero-order valence-electron chi connectivity index (χ0n) is 11.3. The van der Waals surface area contributed by atoms with Crippen LogP contribution in [0.2, 0.25) is 0 Å². The molecule has 1 N–H and O–H groups in total. The van der Waals surface area contributed by atoms with Gasteiger partial charge in [-0.3, -0.25) is 9.59 Å². The van der Waals surface area contributed by atoms with Crippen LogP contribution in [0.5, 0.6) is 0 Å². The van der Waals surface area contributed by atoms with Crippen molar-refractivity contribution in [3.05, 3.63) is 47.5 Å². The number of benzene rings is 1. The number of nitrogens with zero attached hydrogens (tertiary/aromatic N) is 1. The number of carbonyl (C=O) groups excluding carboxylic acids is 1. The van der Waals surface area contributed by atoms with E-state index in [9.17, 15) is 9.59 Å². The van der Waals surface area contributed by atoms with E-state index in [0.717, 1.165) is 12.0 Å². The van der Waals surface area contributed by atoms with Crippen LogP contribution in [0.15, 0.2) is 42.0 Å². The molecule has 102 valence electrons. The summed E-state index contributed by atoms with van der Waals surface area (Å²) in [7, 11) is 0. The molecule has 0 saturated heterocycles. The number of rotatable bonds is 6. The summed E-state index contributed by atoms with van der Waals surface area (Å²) in [5.41, 5.74) is 1.50. The van der Waals surface area contributed by atoms with Crippen molar-refractivity contribution in [2.24, 2.45) is 0 Å². The lowest BCUT2D eigenvalue weighted by atomic mass is 10.1. The number of allylic oxidation sites excluding steroid dienone is 1. The van der Waals surface area contributed by atoms with Gasteiger partial charge >= 0.3 is 5.97 Å². The van der Waals surface area contributed by atoms with Gasteiger partial charge in [-0.15, -0.1) is 0 Å². The van der Waals surface area contributed by atoms with Crippen molar-refractivity contribution >= 4 is 11.9 Å². The molecule has 0 aliphatic rings. The second kappa shape index (κ2) is 7.36. The summed E-state index contributed by atoms with van der Waals surface area (Å²) >= 11 is 0. The molecule has 0 spiro atoms. The third kappa shape index (κ3) is 4.95. The molecule has 0 aliphatic heterocycles. The number of amides is 1. The molecule has 19 heavy (non-hydrogen) atoms. The summed E-state index contributed by atoms with van der Waals surface area (Å²) in [6.45, 7) is 3.67. The van der Waals surface area contributed by atoms with Gasteiger partial charge in [0.2, 0.25) is 5.91 Å². The van der Waals surface area contributed by atoms with E-state index in [4.69, 9.17) is 5.11 Å². The Labute approximate surface area is 113 Å². The Hall–Kier alpha value is -2.10. The second-order valence-electron chi connectivity index (χ2n) is 4.34. The van der Waals surface area contributed by atoms with Crippen molar-refractivity contribution in [3.8, 4) is 0 Å². The molecule has 0 fully saturated rings. The second-order valence-corrected chi connectivity index (χ2v) is 4.34. The number of carbonyl (C=O) groups is 2. The van der Waals surface area contributed by atoms with Crippen molar-refractivity contribution < 1.29 is 14.7 Å². The highest BCUT2D eigenvalue weighted by Crippen LogP contribution is 2.09. The quantitative estimate of drug-likeness (QED) is 0.800. The number of aliphatic carboxylic acids is 1. The van der Waals surface area contributed by atoms with Crippen molar-refractivity contribution in [1.29, 1.82) is 0 Å². The van der Waals surface area contributed by atoms with Gasteiger partial charge in [-0.2, -0.15) is 0 Å². The summed E-state index contributed by atoms with van der Waals surface area (Å²) in [4.78, 5) is 24.4. The van der Waals surface area contributed by atoms with Crippen molar-refractivity contribution in [2.75, 3.05) is 6.54 Å². The highest BCUT2D eigenvalue weighted by atomic mass is 16.4. The highest BCUT2D eigenvalue weighted by molar-refractivity contribution is 5.94. The third-order valence-electron chi connectivity index (χ3n) is 2.68. The average molecular weight is 261 g/mol. The Morgan fingerprint density at radius 3 is 2.42 bits per heavy atom. The van der Waals surface area contributed by atoms with Gasteiger partial charge in [-0.1, -0.05) is 43.3 Å². The first-order valence-corrected chi connectivity index (χ1v) is 6.26. The lowest BCUT2D eigenvalue weighted by Crippen LogP contribution is -2.35. The summed E-state index contributed by atoms with van der Waals surface area (Å²) in [6.07, 6.45) is 2.56. The fraction of sp³-hybridized carbons (Fsp3) is 0.333. The molecule has 4 heteroatoms. The van der Waals surface area contributed by atoms with Gasteiger partial charge in [0.05, 0.1) is 0 Å². The van der Waals surface area contributed by atoms with E-state index in [1.165, 1.54) is 4.90 Å². The van der Waals surface area contributed by atoms with Crippen LogP contribution in [0, 0.1) is 0 Å². The topological polar surface area (TPSA) is 57.6 Å². The van der Waals surface area contributed by atoms with Crippen LogP contribution in [-0.4, -0.2) is 28.4 Å². The Morgan fingerprint density at radius 2 is 1.89 bits per heavy atom. The van der Waals surface area contributed by atoms with Crippen molar-refractivity contribution in [3.63, 3.8) is 0 Å². The Morgan fingerprint density at radius 1 is 1.26 bits per heavy atom. The van der Waals surface area contributed by atoms with Gasteiger partial charge in [0.15, 0.2) is 0 Å². The van der Waals surface area contributed by atoms with Crippen molar-refractivity contribution in [2.45, 2.75) is 26.8 Å². The van der Waals surface area contributed by atoms with Crippen LogP contribution in [-0.2, 0) is 16.1 Å². The predicted octanol–water partition coefficient (Wildman–Crippen LogP) is 2.46. The summed E-state index contributed by atoms with van der Waals surface area (Å²) < 4.78 is 0. The normalized spacial score (nSPS) is 11.2. The van der Waals surface area contributed by atoms with E-state index in [-0.39, 0.29) is 12.5 Å². The molecule has 4 nitrogen and oxygen atoms in total. The lowest BCUT2D eigenvalue weighted by Gasteiger charge is -2.21. The van der Waals surface area contributed by atoms with E-state index in [1.54, 1.807) is 6.92 Å². The molecule has 0 heterocycles. The van der Waals surface area contributed by atoms with Gasteiger partial charge in [-0.05, 0) is 18.9 Å². The maximum atomic E-state index is 12.2. The summed E-state index contributed by atoms with van der Waals surface area (Å²) in [5.74, 6) is -1.23. The zero-order chi connectivity index (χ0) is 14.3. The van der Waals surface area contributed by atoms with E-state index in [2.05, 4.69) is 0 Å². The minimum atomic E-state index is -1.01. The van der Waals surface area contributed by atoms with Crippen LogP contribution in [0.1, 0.15) is 25.8 Å². The molecule has 0 radical (unpaired) electrons. The van der Waals surface area contributed by atoms with Crippen molar-refractivity contribution in [1.82, 2.24) is 4.90 Å². The third-order valence-corrected chi connectivity index (χ3v) is 2.68. The van der Waals surface area contributed by atoms with Gasteiger partial charge in [0.25, 0.3) is 0 Å². The average Bonchev–Trinajstić information content (AvgIpc) is 2.38. The van der Waals surface area contributed by atoms with Gasteiger partial charge < -0.3 is 10.0 Å². The zero-order valence-corrected chi connectivity index (χ0v) is 11.3. The van der Waals surface area contributed by atoms with E-state index < -0.39 is 5.97 Å². The molecule has 0 aliphatic carbocycles. The Bertz CT molecular complexity index is 466. The molecular formula is C15H19NO3. The number of hydrogen-bond donors (Lipinski definition) is 1. The van der Waals surface area contributed by atoms with Crippen LogP contribution in [0.25, 0.3) is 0 Å². The fourth-order valence-electron chi connectivity index (χ4n) is 1.81. The van der Waals surface area contributed by atoms with E-state index in [0.29, 0.717) is 12.1 Å². The first-order valence-electron chi connectivity index (χ1n) is 6.26. The molecule has 1 aromatic rings. The fourth-order valence-corrected chi connectivity index (χ4v) is 1.81. The molecule has 1 rings (SSSR count). The predicted molar refractivity (Wildman–Crippen MR) is 73.5 cm³/mol. The number of carboxylic acids is 1. The first kappa shape index (κ1) is 15.0. The molecule has 1 amide bonds. The maximum Gasteiger partial charge on any atom is 0.323 e. The first-order chi connectivity index (χ1) is 9.04. The molecular weight excluding hydrogens is 242 g/mol. The minimum Gasteiger partial charge on any atom is -0.480 e. The Kier molecular flexibility index (Phi) is 5.79. The molecule has 0 aromatic heterocycles. The molecule has 0 bridgehead atoms. The SMILES string of the molecule is CCC=C(C)C(=O)N(CC(=O)O)Cc1ccccc1. The van der Waals surface area contributed by atoms with Crippen LogP contribution < -0.4 is 0 Å². The molecule has 0 saturated carbocycles.